The minimum Gasteiger partial charge on any atom is -0.474 e. The van der Waals surface area contributed by atoms with Crippen molar-refractivity contribution < 1.29 is 28.2 Å². The summed E-state index contributed by atoms with van der Waals surface area (Å²) < 4.78 is 33.1. The molecule has 1 atom stereocenters. The molecule has 0 radical (unpaired) electrons. The van der Waals surface area contributed by atoms with Crippen molar-refractivity contribution in [3.63, 3.8) is 0 Å². The number of nitrogens with zero attached hydrogens (tertiary/aromatic N) is 6. The summed E-state index contributed by atoms with van der Waals surface area (Å²) in [5.74, 6) is -0.884. The average molecular weight is 561 g/mol. The van der Waals surface area contributed by atoms with Gasteiger partial charge in [-0.05, 0) is 50.6 Å². The van der Waals surface area contributed by atoms with E-state index in [0.717, 1.165) is 43.9 Å². The van der Waals surface area contributed by atoms with E-state index in [9.17, 15) is 14.3 Å². The van der Waals surface area contributed by atoms with Crippen LogP contribution in [0, 0.1) is 17.1 Å². The van der Waals surface area contributed by atoms with Gasteiger partial charge in [0.05, 0.1) is 36.5 Å². The highest BCUT2D eigenvalue weighted by molar-refractivity contribution is 5.85. The number of carbonyl (C=O) groups is 1. The summed E-state index contributed by atoms with van der Waals surface area (Å²) in [5.41, 5.74) is 2.02. The first-order valence-electron chi connectivity index (χ1n) is 13.5. The van der Waals surface area contributed by atoms with Crippen molar-refractivity contribution >= 4 is 17.3 Å². The molecule has 2 aliphatic rings. The van der Waals surface area contributed by atoms with Gasteiger partial charge in [-0.2, -0.15) is 10.2 Å². The van der Waals surface area contributed by atoms with Crippen LogP contribution in [0.3, 0.4) is 0 Å². The summed E-state index contributed by atoms with van der Waals surface area (Å²) in [4.78, 5) is 27.1. The maximum absolute atomic E-state index is 14.3. The zero-order chi connectivity index (χ0) is 28.6. The van der Waals surface area contributed by atoms with Gasteiger partial charge in [0, 0.05) is 23.7 Å². The lowest BCUT2D eigenvalue weighted by Gasteiger charge is -2.39. The van der Waals surface area contributed by atoms with Crippen molar-refractivity contribution in [3.05, 3.63) is 70.8 Å². The zero-order valence-corrected chi connectivity index (χ0v) is 22.5. The molecule has 2 aliphatic heterocycles. The van der Waals surface area contributed by atoms with Crippen LogP contribution < -0.4 is 4.74 Å². The molecule has 3 aromatic heterocycles. The quantitative estimate of drug-likeness (QED) is 0.319. The van der Waals surface area contributed by atoms with E-state index in [1.807, 2.05) is 22.8 Å². The topological polar surface area (TPSA) is 140 Å². The molecule has 6 rings (SSSR count). The molecule has 0 bridgehead atoms. The van der Waals surface area contributed by atoms with Gasteiger partial charge in [0.15, 0.2) is 0 Å². The van der Waals surface area contributed by atoms with Crippen molar-refractivity contribution in [2.75, 3.05) is 19.7 Å². The first kappa shape index (κ1) is 26.9. The molecule has 0 amide bonds. The third-order valence-electron chi connectivity index (χ3n) is 7.97. The lowest BCUT2D eigenvalue weighted by molar-refractivity contribution is -0.0595. The zero-order valence-electron chi connectivity index (χ0n) is 22.5. The van der Waals surface area contributed by atoms with Crippen molar-refractivity contribution in [2.24, 2.45) is 0 Å². The van der Waals surface area contributed by atoms with Crippen LogP contribution in [-0.4, -0.2) is 61.3 Å². The lowest BCUT2D eigenvalue weighted by atomic mass is 9.77. The van der Waals surface area contributed by atoms with Gasteiger partial charge in [0.1, 0.15) is 18.2 Å². The average Bonchev–Trinajstić information content (AvgIpc) is 3.50. The van der Waals surface area contributed by atoms with Crippen LogP contribution in [0.5, 0.6) is 5.88 Å². The highest BCUT2D eigenvalue weighted by Crippen LogP contribution is 2.35. The molecular formula is C29H29FN6O5. The molecule has 5 heterocycles. The Kier molecular flexibility index (Phi) is 7.15. The second kappa shape index (κ2) is 10.9. The Labute approximate surface area is 235 Å². The SMILES string of the molecule is CC1(c2cccc(OCc3ccc(C#N)cc3F)n2)CCN(Cc2nc3nc(C(=O)O)oc3n2C[C@@H]2CCO2)CC1. The predicted molar refractivity (Wildman–Crippen MR) is 143 cm³/mol. The van der Waals surface area contributed by atoms with Gasteiger partial charge in [-0.1, -0.05) is 19.1 Å². The number of halogens is 1. The van der Waals surface area contributed by atoms with Crippen molar-refractivity contribution in [1.29, 1.82) is 5.26 Å². The predicted octanol–water partition coefficient (Wildman–Crippen LogP) is 4.05. The van der Waals surface area contributed by atoms with Gasteiger partial charge in [-0.25, -0.2) is 19.2 Å². The Morgan fingerprint density at radius 1 is 1.24 bits per heavy atom. The van der Waals surface area contributed by atoms with Gasteiger partial charge in [-0.3, -0.25) is 9.47 Å². The summed E-state index contributed by atoms with van der Waals surface area (Å²) in [6, 6.07) is 11.9. The summed E-state index contributed by atoms with van der Waals surface area (Å²) in [5, 5.41) is 18.2. The number of oxazole rings is 1. The molecule has 2 saturated heterocycles. The van der Waals surface area contributed by atoms with E-state index in [-0.39, 0.29) is 29.6 Å². The highest BCUT2D eigenvalue weighted by Gasteiger charge is 2.34. The molecule has 0 aliphatic carbocycles. The number of nitriles is 1. The summed E-state index contributed by atoms with van der Waals surface area (Å²) in [6.07, 6.45) is 2.69. The number of carboxylic acid groups (broad SMARTS) is 1. The number of hydrogen-bond acceptors (Lipinski definition) is 9. The van der Waals surface area contributed by atoms with Crippen LogP contribution in [0.1, 0.15) is 59.5 Å². The van der Waals surface area contributed by atoms with Crippen LogP contribution >= 0.6 is 0 Å². The third-order valence-corrected chi connectivity index (χ3v) is 7.97. The fraction of sp³-hybridized carbons (Fsp3) is 0.414. The van der Waals surface area contributed by atoms with E-state index in [4.69, 9.17) is 24.1 Å². The number of aromatic carboxylic acids is 1. The second-order valence-corrected chi connectivity index (χ2v) is 10.8. The third kappa shape index (κ3) is 5.51. The van der Waals surface area contributed by atoms with Gasteiger partial charge >= 0.3 is 11.9 Å². The molecule has 12 heteroatoms. The van der Waals surface area contributed by atoms with Crippen molar-refractivity contribution in [3.8, 4) is 11.9 Å². The van der Waals surface area contributed by atoms with E-state index < -0.39 is 11.8 Å². The molecule has 2 fully saturated rings. The van der Waals surface area contributed by atoms with Gasteiger partial charge in [0.25, 0.3) is 0 Å². The minimum atomic E-state index is -1.23. The number of imidazole rings is 1. The maximum Gasteiger partial charge on any atom is 0.392 e. The molecular weight excluding hydrogens is 531 g/mol. The molecule has 1 N–H and O–H groups in total. The largest absolute Gasteiger partial charge is 0.474 e. The Balaban J connectivity index is 1.11. The number of rotatable bonds is 9. The number of piperidine rings is 1. The Morgan fingerprint density at radius 2 is 2.05 bits per heavy atom. The second-order valence-electron chi connectivity index (χ2n) is 10.8. The normalized spacial score (nSPS) is 18.6. The minimum absolute atomic E-state index is 0.0166. The van der Waals surface area contributed by atoms with Crippen LogP contribution in [-0.2, 0) is 29.8 Å². The van der Waals surface area contributed by atoms with Crippen LogP contribution in [0.25, 0.3) is 11.4 Å². The monoisotopic (exact) mass is 560 g/mol. The van der Waals surface area contributed by atoms with Gasteiger partial charge in [-0.15, -0.1) is 0 Å². The molecule has 1 aromatic carbocycles. The lowest BCUT2D eigenvalue weighted by Crippen LogP contribution is -2.41. The fourth-order valence-corrected chi connectivity index (χ4v) is 5.26. The maximum atomic E-state index is 14.3. The fourth-order valence-electron chi connectivity index (χ4n) is 5.26. The molecule has 0 spiro atoms. The number of pyridine rings is 1. The van der Waals surface area contributed by atoms with E-state index in [0.29, 0.717) is 42.5 Å². The molecule has 4 aromatic rings. The Bertz CT molecular complexity index is 1630. The van der Waals surface area contributed by atoms with E-state index in [1.54, 1.807) is 18.2 Å². The van der Waals surface area contributed by atoms with Crippen molar-refractivity contribution in [1.82, 2.24) is 24.4 Å². The van der Waals surface area contributed by atoms with Crippen LogP contribution in [0.4, 0.5) is 4.39 Å². The molecule has 41 heavy (non-hydrogen) atoms. The Morgan fingerprint density at radius 3 is 2.73 bits per heavy atom. The van der Waals surface area contributed by atoms with Gasteiger partial charge < -0.3 is 19.0 Å². The molecule has 0 saturated carbocycles. The number of aromatic nitrogens is 4. The van der Waals surface area contributed by atoms with E-state index in [2.05, 4.69) is 21.8 Å². The summed E-state index contributed by atoms with van der Waals surface area (Å²) in [7, 11) is 0. The smallest absolute Gasteiger partial charge is 0.392 e. The number of hydrogen-bond donors (Lipinski definition) is 1. The first-order chi connectivity index (χ1) is 19.8. The number of ether oxygens (including phenoxy) is 2. The van der Waals surface area contributed by atoms with E-state index >= 15 is 0 Å². The van der Waals surface area contributed by atoms with Gasteiger partial charge in [0.2, 0.25) is 17.2 Å². The molecule has 11 nitrogen and oxygen atoms in total. The van der Waals surface area contributed by atoms with Crippen LogP contribution in [0.2, 0.25) is 0 Å². The van der Waals surface area contributed by atoms with E-state index in [1.165, 1.54) is 6.07 Å². The first-order valence-corrected chi connectivity index (χ1v) is 13.5. The standard InChI is InChI=1S/C29H29FN6O5/c1-29(22-3-2-4-24(32-22)40-17-19-6-5-18(14-31)13-21(19)30)8-10-35(11-9-29)16-23-33-25-27(41-26(34-25)28(37)38)36(23)15-20-7-12-39-20/h2-6,13,20H,7-12,15-17H2,1H3,(H,37,38)/t20-/m0/s1. The molecule has 212 valence electrons. The molecule has 0 unspecified atom stereocenters. The number of fused-ring (bicyclic) bond motifs is 1. The summed E-state index contributed by atoms with van der Waals surface area (Å²) in [6.45, 7) is 5.65. The summed E-state index contributed by atoms with van der Waals surface area (Å²) >= 11 is 0. The highest BCUT2D eigenvalue weighted by atomic mass is 19.1. The Hall–Kier alpha value is -4.34. The van der Waals surface area contributed by atoms with Crippen molar-refractivity contribution in [2.45, 2.75) is 57.4 Å². The number of likely N-dealkylation sites (tertiary alicyclic amines) is 1. The number of benzene rings is 1. The number of carboxylic acids is 1. The van der Waals surface area contributed by atoms with Crippen LogP contribution in [0.15, 0.2) is 40.8 Å².